The van der Waals surface area contributed by atoms with E-state index < -0.39 is 5.41 Å². The van der Waals surface area contributed by atoms with Crippen molar-refractivity contribution in [2.24, 2.45) is 11.3 Å². The highest BCUT2D eigenvalue weighted by Gasteiger charge is 2.23. The van der Waals surface area contributed by atoms with Crippen LogP contribution in [0.25, 0.3) is 0 Å². The smallest absolute Gasteiger partial charge is 0.311 e. The Hall–Kier alpha value is -1.39. The van der Waals surface area contributed by atoms with Crippen LogP contribution in [0.15, 0.2) is 30.3 Å². The van der Waals surface area contributed by atoms with E-state index in [2.05, 4.69) is 0 Å². The Morgan fingerprint density at radius 3 is 2.27 bits per heavy atom. The maximum atomic E-state index is 11.7. The molecule has 0 fully saturated rings. The van der Waals surface area contributed by atoms with Crippen LogP contribution in [0.4, 0.5) is 0 Å². The van der Waals surface area contributed by atoms with Gasteiger partial charge in [0.25, 0.3) is 0 Å². The van der Waals surface area contributed by atoms with Crippen molar-refractivity contribution < 1.29 is 19.0 Å². The van der Waals surface area contributed by atoms with Gasteiger partial charge < -0.3 is 14.2 Å². The van der Waals surface area contributed by atoms with Crippen molar-refractivity contribution in [3.63, 3.8) is 0 Å². The minimum atomic E-state index is -0.463. The van der Waals surface area contributed by atoms with Crippen molar-refractivity contribution in [1.82, 2.24) is 0 Å². The normalized spacial score (nSPS) is 14.4. The standard InChI is InChI=1S/C18H28O4/c1-14(12-22-17(19)18(2,3)4)11-21-13-16(20-5)15-9-7-6-8-10-15/h6-10,14,16H,11-13H2,1-5H3. The molecule has 0 aliphatic heterocycles. The number of ether oxygens (including phenoxy) is 3. The van der Waals surface area contributed by atoms with Crippen LogP contribution in [-0.2, 0) is 19.0 Å². The van der Waals surface area contributed by atoms with E-state index in [0.717, 1.165) is 5.56 Å². The molecule has 1 aromatic rings. The zero-order valence-electron chi connectivity index (χ0n) is 14.3. The fraction of sp³-hybridized carbons (Fsp3) is 0.611. The number of benzene rings is 1. The number of hydrogen-bond donors (Lipinski definition) is 0. The van der Waals surface area contributed by atoms with Crippen LogP contribution in [-0.4, -0.2) is 32.9 Å². The predicted octanol–water partition coefficient (Wildman–Crippen LogP) is 3.62. The molecule has 0 amide bonds. The number of rotatable bonds is 8. The van der Waals surface area contributed by atoms with E-state index in [9.17, 15) is 4.79 Å². The molecule has 22 heavy (non-hydrogen) atoms. The van der Waals surface area contributed by atoms with E-state index >= 15 is 0 Å². The van der Waals surface area contributed by atoms with Crippen molar-refractivity contribution in [2.75, 3.05) is 26.9 Å². The van der Waals surface area contributed by atoms with Crippen LogP contribution in [0.1, 0.15) is 39.4 Å². The van der Waals surface area contributed by atoms with Crippen LogP contribution in [0.5, 0.6) is 0 Å². The van der Waals surface area contributed by atoms with Crippen molar-refractivity contribution in [3.8, 4) is 0 Å². The van der Waals surface area contributed by atoms with Crippen LogP contribution < -0.4 is 0 Å². The summed E-state index contributed by atoms with van der Waals surface area (Å²) in [6.07, 6.45) is -0.0782. The second-order valence-electron chi connectivity index (χ2n) is 6.63. The molecule has 0 radical (unpaired) electrons. The third kappa shape index (κ3) is 6.58. The van der Waals surface area contributed by atoms with Crippen LogP contribution in [0.2, 0.25) is 0 Å². The third-order valence-corrected chi connectivity index (χ3v) is 3.24. The van der Waals surface area contributed by atoms with E-state index in [1.54, 1.807) is 7.11 Å². The van der Waals surface area contributed by atoms with E-state index in [-0.39, 0.29) is 18.0 Å². The third-order valence-electron chi connectivity index (χ3n) is 3.24. The molecule has 0 N–H and O–H groups in total. The van der Waals surface area contributed by atoms with Gasteiger partial charge in [-0.15, -0.1) is 0 Å². The maximum Gasteiger partial charge on any atom is 0.311 e. The molecular formula is C18H28O4. The summed E-state index contributed by atoms with van der Waals surface area (Å²) in [5.41, 5.74) is 0.631. The molecule has 4 heteroatoms. The number of carbonyl (C=O) groups excluding carboxylic acids is 1. The van der Waals surface area contributed by atoms with Crippen molar-refractivity contribution >= 4 is 5.97 Å². The Bertz CT molecular complexity index is 436. The Balaban J connectivity index is 2.29. The average Bonchev–Trinajstić information content (AvgIpc) is 2.49. The molecule has 0 saturated heterocycles. The molecule has 0 bridgehead atoms. The largest absolute Gasteiger partial charge is 0.465 e. The molecule has 2 unspecified atom stereocenters. The van der Waals surface area contributed by atoms with Crippen molar-refractivity contribution in [1.29, 1.82) is 0 Å². The van der Waals surface area contributed by atoms with Crippen LogP contribution in [0, 0.1) is 11.3 Å². The monoisotopic (exact) mass is 308 g/mol. The Labute approximate surface area is 133 Å². The number of methoxy groups -OCH3 is 1. The molecule has 1 rings (SSSR count). The summed E-state index contributed by atoms with van der Waals surface area (Å²) < 4.78 is 16.4. The molecule has 0 saturated carbocycles. The molecule has 0 aliphatic rings. The van der Waals surface area contributed by atoms with Gasteiger partial charge in [-0.05, 0) is 26.3 Å². The van der Waals surface area contributed by atoms with E-state index in [0.29, 0.717) is 19.8 Å². The number of carbonyl (C=O) groups is 1. The molecule has 124 valence electrons. The minimum absolute atomic E-state index is 0.0782. The highest BCUT2D eigenvalue weighted by molar-refractivity contribution is 5.75. The number of hydrogen-bond acceptors (Lipinski definition) is 4. The van der Waals surface area contributed by atoms with Gasteiger partial charge in [0, 0.05) is 13.0 Å². The summed E-state index contributed by atoms with van der Waals surface area (Å²) in [6.45, 7) is 8.93. The molecule has 0 aromatic heterocycles. The molecule has 2 atom stereocenters. The van der Waals surface area contributed by atoms with E-state index in [4.69, 9.17) is 14.2 Å². The second-order valence-corrected chi connectivity index (χ2v) is 6.63. The second kappa shape index (κ2) is 8.91. The summed E-state index contributed by atoms with van der Waals surface area (Å²) in [5, 5.41) is 0. The van der Waals surface area contributed by atoms with Crippen molar-refractivity contribution in [3.05, 3.63) is 35.9 Å². The maximum absolute atomic E-state index is 11.7. The number of esters is 1. The van der Waals surface area contributed by atoms with Gasteiger partial charge in [0.1, 0.15) is 6.10 Å². The lowest BCUT2D eigenvalue weighted by atomic mass is 9.97. The summed E-state index contributed by atoms with van der Waals surface area (Å²) in [7, 11) is 1.68. The highest BCUT2D eigenvalue weighted by Crippen LogP contribution is 2.18. The first-order chi connectivity index (χ1) is 10.3. The van der Waals surface area contributed by atoms with Gasteiger partial charge in [-0.3, -0.25) is 4.79 Å². The summed E-state index contributed by atoms with van der Waals surface area (Å²) in [6, 6.07) is 9.98. The molecular weight excluding hydrogens is 280 g/mol. The highest BCUT2D eigenvalue weighted by atomic mass is 16.5. The summed E-state index contributed by atoms with van der Waals surface area (Å²) >= 11 is 0. The molecule has 4 nitrogen and oxygen atoms in total. The van der Waals surface area contributed by atoms with Gasteiger partial charge in [-0.1, -0.05) is 37.3 Å². The quantitative estimate of drug-likeness (QED) is 0.688. The van der Waals surface area contributed by atoms with E-state index in [1.807, 2.05) is 58.0 Å². The molecule has 0 heterocycles. The first kappa shape index (κ1) is 18.7. The lowest BCUT2D eigenvalue weighted by Crippen LogP contribution is -2.26. The lowest BCUT2D eigenvalue weighted by Gasteiger charge is -2.20. The van der Waals surface area contributed by atoms with Gasteiger partial charge in [0.15, 0.2) is 0 Å². The zero-order valence-corrected chi connectivity index (χ0v) is 14.3. The minimum Gasteiger partial charge on any atom is -0.465 e. The Kier molecular flexibility index (Phi) is 7.56. The van der Waals surface area contributed by atoms with Crippen LogP contribution in [0.3, 0.4) is 0 Å². The summed E-state index contributed by atoms with van der Waals surface area (Å²) in [4.78, 5) is 11.7. The zero-order chi connectivity index (χ0) is 16.6. The van der Waals surface area contributed by atoms with Gasteiger partial charge in [0.2, 0.25) is 0 Å². The molecule has 0 spiro atoms. The Morgan fingerprint density at radius 1 is 1.09 bits per heavy atom. The first-order valence-corrected chi connectivity index (χ1v) is 7.67. The fourth-order valence-electron chi connectivity index (χ4n) is 1.83. The Morgan fingerprint density at radius 2 is 1.73 bits per heavy atom. The average molecular weight is 308 g/mol. The summed E-state index contributed by atoms with van der Waals surface area (Å²) in [5.74, 6) is -0.0296. The van der Waals surface area contributed by atoms with Gasteiger partial charge >= 0.3 is 5.97 Å². The molecule has 1 aromatic carbocycles. The van der Waals surface area contributed by atoms with Gasteiger partial charge in [0.05, 0.1) is 25.2 Å². The molecule has 0 aliphatic carbocycles. The predicted molar refractivity (Wildman–Crippen MR) is 86.6 cm³/mol. The van der Waals surface area contributed by atoms with Crippen molar-refractivity contribution in [2.45, 2.75) is 33.8 Å². The van der Waals surface area contributed by atoms with Gasteiger partial charge in [-0.25, -0.2) is 0 Å². The SMILES string of the molecule is COC(COCC(C)COC(=O)C(C)(C)C)c1ccccc1. The topological polar surface area (TPSA) is 44.8 Å². The van der Waals surface area contributed by atoms with E-state index in [1.165, 1.54) is 0 Å². The first-order valence-electron chi connectivity index (χ1n) is 7.67. The van der Waals surface area contributed by atoms with Crippen LogP contribution >= 0.6 is 0 Å². The fourth-order valence-corrected chi connectivity index (χ4v) is 1.83. The lowest BCUT2D eigenvalue weighted by molar-refractivity contribution is -0.154. The van der Waals surface area contributed by atoms with Gasteiger partial charge in [-0.2, -0.15) is 0 Å².